The van der Waals surface area contributed by atoms with Crippen LogP contribution in [0, 0.1) is 11.8 Å². The third-order valence-corrected chi connectivity index (χ3v) is 6.97. The van der Waals surface area contributed by atoms with Crippen LogP contribution in [0.15, 0.2) is 30.3 Å². The zero-order valence-corrected chi connectivity index (χ0v) is 16.4. The summed E-state index contributed by atoms with van der Waals surface area (Å²) in [5, 5.41) is 2.19. The average molecular weight is 380 g/mol. The molecule has 1 unspecified atom stereocenters. The van der Waals surface area contributed by atoms with Crippen LogP contribution in [0.3, 0.4) is 0 Å². The Morgan fingerprint density at radius 1 is 1.04 bits per heavy atom. The van der Waals surface area contributed by atoms with E-state index in [0.29, 0.717) is 12.3 Å². The van der Waals surface area contributed by atoms with E-state index in [1.807, 2.05) is 12.1 Å². The van der Waals surface area contributed by atoms with Crippen LogP contribution < -0.4 is 4.74 Å². The average Bonchev–Trinajstić information content (AvgIpc) is 3.27. The lowest BCUT2D eigenvalue weighted by molar-refractivity contribution is -0.154. The van der Waals surface area contributed by atoms with Gasteiger partial charge in [0.05, 0.1) is 7.11 Å². The normalized spacial score (nSPS) is 32.1. The fourth-order valence-corrected chi connectivity index (χ4v) is 5.98. The standard InChI is InChI=1S/C23H24O5/c1-12(24)27-20-9-15-11-23(15)18-7-4-14-8-16(26-3)5-6-17(14)22(18)21(10-19(20)23)28-13(2)25/h4-8,15,19-21H,9-11H2,1-3H3/t15-,19?,20-,21-,23+/m1/s1. The Morgan fingerprint density at radius 3 is 2.54 bits per heavy atom. The molecule has 0 aliphatic heterocycles. The van der Waals surface area contributed by atoms with Gasteiger partial charge in [0.25, 0.3) is 0 Å². The third-order valence-electron chi connectivity index (χ3n) is 6.97. The van der Waals surface area contributed by atoms with Gasteiger partial charge >= 0.3 is 11.9 Å². The fourth-order valence-electron chi connectivity index (χ4n) is 5.98. The van der Waals surface area contributed by atoms with Crippen LogP contribution in [-0.2, 0) is 24.5 Å². The van der Waals surface area contributed by atoms with Gasteiger partial charge in [0.15, 0.2) is 0 Å². The molecule has 146 valence electrons. The number of hydrogen-bond acceptors (Lipinski definition) is 5. The van der Waals surface area contributed by atoms with Crippen molar-refractivity contribution >= 4 is 22.7 Å². The van der Waals surface area contributed by atoms with E-state index in [1.165, 1.54) is 19.4 Å². The number of carbonyl (C=O) groups is 2. The summed E-state index contributed by atoms with van der Waals surface area (Å²) in [6, 6.07) is 10.4. The van der Waals surface area contributed by atoms with Crippen molar-refractivity contribution in [3.63, 3.8) is 0 Å². The maximum atomic E-state index is 11.9. The molecule has 5 atom stereocenters. The number of benzene rings is 2. The smallest absolute Gasteiger partial charge is 0.303 e. The molecule has 3 aliphatic carbocycles. The minimum atomic E-state index is -0.322. The number of methoxy groups -OCH3 is 1. The zero-order chi connectivity index (χ0) is 19.6. The second kappa shape index (κ2) is 5.97. The van der Waals surface area contributed by atoms with Crippen LogP contribution in [0.5, 0.6) is 5.75 Å². The van der Waals surface area contributed by atoms with Crippen molar-refractivity contribution in [2.75, 3.05) is 7.11 Å². The summed E-state index contributed by atoms with van der Waals surface area (Å²) < 4.78 is 16.8. The first-order chi connectivity index (χ1) is 13.4. The summed E-state index contributed by atoms with van der Waals surface area (Å²) in [6.07, 6.45) is 2.31. The molecule has 5 rings (SSSR count). The van der Waals surface area contributed by atoms with Gasteiger partial charge in [0.1, 0.15) is 18.0 Å². The van der Waals surface area contributed by atoms with Crippen LogP contribution in [0.2, 0.25) is 0 Å². The Balaban J connectivity index is 1.67. The number of carbonyl (C=O) groups excluding carboxylic acids is 2. The first kappa shape index (κ1) is 17.5. The Bertz CT molecular complexity index is 996. The third kappa shape index (κ3) is 2.38. The number of hydrogen-bond donors (Lipinski definition) is 0. The van der Waals surface area contributed by atoms with Gasteiger partial charge in [-0.25, -0.2) is 0 Å². The summed E-state index contributed by atoms with van der Waals surface area (Å²) in [7, 11) is 1.66. The molecule has 2 saturated carbocycles. The molecule has 5 nitrogen and oxygen atoms in total. The van der Waals surface area contributed by atoms with Crippen molar-refractivity contribution in [3.8, 4) is 5.75 Å². The molecular weight excluding hydrogens is 356 g/mol. The van der Waals surface area contributed by atoms with Crippen molar-refractivity contribution < 1.29 is 23.8 Å². The van der Waals surface area contributed by atoms with E-state index < -0.39 is 0 Å². The second-order valence-electron chi connectivity index (χ2n) is 8.38. The van der Waals surface area contributed by atoms with E-state index in [1.54, 1.807) is 7.11 Å². The minimum absolute atomic E-state index is 0.0558. The van der Waals surface area contributed by atoms with Gasteiger partial charge in [-0.2, -0.15) is 0 Å². The highest BCUT2D eigenvalue weighted by atomic mass is 16.5. The molecule has 0 bridgehead atoms. The van der Waals surface area contributed by atoms with Crippen LogP contribution >= 0.6 is 0 Å². The maximum Gasteiger partial charge on any atom is 0.303 e. The molecule has 2 fully saturated rings. The van der Waals surface area contributed by atoms with E-state index >= 15 is 0 Å². The molecule has 0 aromatic heterocycles. The van der Waals surface area contributed by atoms with Crippen LogP contribution in [0.4, 0.5) is 0 Å². The zero-order valence-electron chi connectivity index (χ0n) is 16.4. The summed E-state index contributed by atoms with van der Waals surface area (Å²) in [5.41, 5.74) is 2.45. The van der Waals surface area contributed by atoms with Gasteiger partial charge in [0, 0.05) is 30.7 Å². The van der Waals surface area contributed by atoms with Crippen molar-refractivity contribution in [2.24, 2.45) is 11.8 Å². The van der Waals surface area contributed by atoms with Crippen LogP contribution in [0.1, 0.15) is 50.3 Å². The largest absolute Gasteiger partial charge is 0.497 e. The van der Waals surface area contributed by atoms with E-state index in [4.69, 9.17) is 14.2 Å². The SMILES string of the molecule is COc1ccc2c3c(ccc2c1)[C@]12C[C@H]1C[C@@H](OC(C)=O)C2C[C@H]3OC(C)=O. The predicted molar refractivity (Wildman–Crippen MR) is 103 cm³/mol. The molecule has 28 heavy (non-hydrogen) atoms. The molecule has 0 amide bonds. The molecule has 3 aliphatic rings. The summed E-state index contributed by atoms with van der Waals surface area (Å²) >= 11 is 0. The Kier molecular flexibility index (Phi) is 3.74. The molecule has 5 heteroatoms. The predicted octanol–water partition coefficient (Wildman–Crippen LogP) is 4.07. The molecular formula is C23H24O5. The van der Waals surface area contributed by atoms with Gasteiger partial charge in [-0.1, -0.05) is 18.2 Å². The number of ether oxygens (including phenoxy) is 3. The van der Waals surface area contributed by atoms with E-state index in [9.17, 15) is 9.59 Å². The molecule has 0 heterocycles. The molecule has 0 saturated heterocycles. The Morgan fingerprint density at radius 2 is 1.82 bits per heavy atom. The summed E-state index contributed by atoms with van der Waals surface area (Å²) in [4.78, 5) is 23.5. The van der Waals surface area contributed by atoms with Crippen molar-refractivity contribution in [3.05, 3.63) is 41.5 Å². The molecule has 0 N–H and O–H groups in total. The lowest BCUT2D eigenvalue weighted by Crippen LogP contribution is -2.37. The van der Waals surface area contributed by atoms with Crippen molar-refractivity contribution in [2.45, 2.75) is 50.7 Å². The second-order valence-corrected chi connectivity index (χ2v) is 8.38. The highest BCUT2D eigenvalue weighted by molar-refractivity contribution is 5.89. The maximum absolute atomic E-state index is 11.9. The lowest BCUT2D eigenvalue weighted by atomic mass is 9.70. The molecule has 2 aromatic rings. The Labute approximate surface area is 164 Å². The highest BCUT2D eigenvalue weighted by Crippen LogP contribution is 2.72. The monoisotopic (exact) mass is 380 g/mol. The van der Waals surface area contributed by atoms with Crippen molar-refractivity contribution in [1.82, 2.24) is 0 Å². The number of fused-ring (bicyclic) bond motifs is 3. The van der Waals surface area contributed by atoms with Gasteiger partial charge in [-0.15, -0.1) is 0 Å². The molecule has 1 spiro atoms. The Hall–Kier alpha value is -2.56. The summed E-state index contributed by atoms with van der Waals surface area (Å²) in [6.45, 7) is 2.92. The van der Waals surface area contributed by atoms with E-state index in [0.717, 1.165) is 34.9 Å². The topological polar surface area (TPSA) is 61.8 Å². The minimum Gasteiger partial charge on any atom is -0.497 e. The van der Waals surface area contributed by atoms with Crippen LogP contribution in [-0.4, -0.2) is 25.2 Å². The quantitative estimate of drug-likeness (QED) is 0.752. The summed E-state index contributed by atoms with van der Waals surface area (Å²) in [5.74, 6) is 1.03. The molecule has 0 radical (unpaired) electrons. The van der Waals surface area contributed by atoms with Crippen LogP contribution in [0.25, 0.3) is 10.8 Å². The first-order valence-corrected chi connectivity index (χ1v) is 9.89. The van der Waals surface area contributed by atoms with Gasteiger partial charge in [-0.05, 0) is 53.6 Å². The van der Waals surface area contributed by atoms with Gasteiger partial charge in [-0.3, -0.25) is 9.59 Å². The highest BCUT2D eigenvalue weighted by Gasteiger charge is 2.70. The number of rotatable bonds is 3. The first-order valence-electron chi connectivity index (χ1n) is 9.89. The number of esters is 2. The fraction of sp³-hybridized carbons (Fsp3) is 0.478. The molecule has 2 aromatic carbocycles. The van der Waals surface area contributed by atoms with E-state index in [2.05, 4.69) is 18.2 Å². The van der Waals surface area contributed by atoms with Gasteiger partial charge in [0.2, 0.25) is 0 Å². The van der Waals surface area contributed by atoms with E-state index in [-0.39, 0.29) is 35.5 Å². The lowest BCUT2D eigenvalue weighted by Gasteiger charge is -2.39. The van der Waals surface area contributed by atoms with Gasteiger partial charge < -0.3 is 14.2 Å². The van der Waals surface area contributed by atoms with Crippen molar-refractivity contribution in [1.29, 1.82) is 0 Å².